The van der Waals surface area contributed by atoms with Crippen LogP contribution in [0.5, 0.6) is 0 Å². The molecule has 0 saturated heterocycles. The van der Waals surface area contributed by atoms with Gasteiger partial charge in [-0.15, -0.1) is 11.3 Å². The van der Waals surface area contributed by atoms with Gasteiger partial charge >= 0.3 is 0 Å². The average Bonchev–Trinajstić information content (AvgIpc) is 3.14. The van der Waals surface area contributed by atoms with Crippen LogP contribution in [0.1, 0.15) is 41.3 Å². The molecule has 3 rings (SSSR count). The summed E-state index contributed by atoms with van der Waals surface area (Å²) < 4.78 is 13.8. The van der Waals surface area contributed by atoms with Crippen LogP contribution < -0.4 is 0 Å². The molecule has 5 heteroatoms. The molecule has 0 fully saturated rings. The first-order valence-corrected chi connectivity index (χ1v) is 9.50. The van der Waals surface area contributed by atoms with Crippen LogP contribution in [0.15, 0.2) is 40.4 Å². The van der Waals surface area contributed by atoms with Crippen molar-refractivity contribution in [2.24, 2.45) is 5.16 Å². The number of thiophene rings is 1. The summed E-state index contributed by atoms with van der Waals surface area (Å²) in [6.45, 7) is 4.63. The highest BCUT2D eigenvalue weighted by Crippen LogP contribution is 2.44. The fourth-order valence-corrected chi connectivity index (χ4v) is 3.94. The zero-order valence-electron chi connectivity index (χ0n) is 15.0. The number of hydrogen-bond acceptors (Lipinski definition) is 4. The lowest BCUT2D eigenvalue weighted by Gasteiger charge is -2.05. The van der Waals surface area contributed by atoms with Gasteiger partial charge in [0.2, 0.25) is 0 Å². The van der Waals surface area contributed by atoms with Gasteiger partial charge in [0.25, 0.3) is 0 Å². The number of nitrogens with zero attached hydrogens (tertiary/aromatic N) is 1. The number of aliphatic hydroxyl groups excluding tert-OH is 1. The van der Waals surface area contributed by atoms with Crippen LogP contribution in [0.3, 0.4) is 0 Å². The van der Waals surface area contributed by atoms with E-state index in [2.05, 4.69) is 36.5 Å². The third kappa shape index (κ3) is 4.11. The number of aryl methyl sites for hydroxylation is 1. The van der Waals surface area contributed by atoms with Crippen molar-refractivity contribution in [2.45, 2.75) is 26.7 Å². The molecule has 0 bridgehead atoms. The Morgan fingerprint density at radius 3 is 2.81 bits per heavy atom. The highest BCUT2D eigenvalue weighted by atomic mass is 32.1. The van der Waals surface area contributed by atoms with E-state index in [1.165, 1.54) is 16.5 Å². The Bertz CT molecular complexity index is 880. The Kier molecular flexibility index (Phi) is 6.01. The summed E-state index contributed by atoms with van der Waals surface area (Å²) >= 11 is 1.71. The van der Waals surface area contributed by atoms with Crippen LogP contribution in [0.4, 0.5) is 4.39 Å². The van der Waals surface area contributed by atoms with Gasteiger partial charge in [0.1, 0.15) is 12.4 Å². The molecule has 0 radical (unpaired) electrons. The molecule has 0 saturated carbocycles. The third-order valence-electron chi connectivity index (χ3n) is 4.34. The molecule has 0 spiro atoms. The van der Waals surface area contributed by atoms with Gasteiger partial charge in [0.05, 0.1) is 0 Å². The van der Waals surface area contributed by atoms with Gasteiger partial charge in [-0.25, -0.2) is 4.39 Å². The first-order valence-electron chi connectivity index (χ1n) is 8.62. The second kappa shape index (κ2) is 8.43. The van der Waals surface area contributed by atoms with E-state index in [4.69, 9.17) is 9.94 Å². The monoisotopic (exact) mass is 371 g/mol. The zero-order chi connectivity index (χ0) is 18.5. The van der Waals surface area contributed by atoms with Crippen molar-refractivity contribution in [3.63, 3.8) is 0 Å². The molecule has 1 aliphatic rings. The normalized spacial score (nSPS) is 15.3. The molecule has 0 unspecified atom stereocenters. The van der Waals surface area contributed by atoms with Crippen molar-refractivity contribution in [1.82, 2.24) is 0 Å². The third-order valence-corrected chi connectivity index (χ3v) is 5.34. The Hall–Kier alpha value is -2.24. The predicted octanol–water partition coefficient (Wildman–Crippen LogP) is 5.30. The summed E-state index contributed by atoms with van der Waals surface area (Å²) in [6, 6.07) is 7.13. The van der Waals surface area contributed by atoms with E-state index < -0.39 is 0 Å². The maximum atomic E-state index is 13.8. The lowest BCUT2D eigenvalue weighted by atomic mass is 10.0. The molecule has 1 aromatic carbocycles. The Balaban J connectivity index is 1.87. The number of oxime groups is 1. The second-order valence-electron chi connectivity index (χ2n) is 6.26. The molecule has 0 atom stereocenters. The number of benzene rings is 1. The highest BCUT2D eigenvalue weighted by molar-refractivity contribution is 7.11. The molecular formula is C21H22FNO2S. The number of aliphatic hydroxyl groups is 1. The van der Waals surface area contributed by atoms with E-state index in [0.29, 0.717) is 19.4 Å². The number of fused-ring (bicyclic) bond motifs is 1. The molecule has 3 nitrogen and oxygen atoms in total. The van der Waals surface area contributed by atoms with Crippen LogP contribution in [0.25, 0.3) is 17.2 Å². The SMILES string of the molecule is CC1=C(CCON=CCCO)c2cc(F)ccc2C1=Cc1cc(C)cs1. The van der Waals surface area contributed by atoms with E-state index in [0.717, 1.165) is 27.8 Å². The lowest BCUT2D eigenvalue weighted by molar-refractivity contribution is 0.151. The van der Waals surface area contributed by atoms with Gasteiger partial charge in [0.15, 0.2) is 0 Å². The fraction of sp³-hybridized carbons (Fsp3) is 0.286. The Morgan fingerprint density at radius 1 is 1.23 bits per heavy atom. The van der Waals surface area contributed by atoms with Crippen molar-refractivity contribution in [1.29, 1.82) is 0 Å². The van der Waals surface area contributed by atoms with Crippen LogP contribution in [0, 0.1) is 12.7 Å². The number of halogens is 1. The molecule has 1 heterocycles. The molecule has 0 amide bonds. The number of hydrogen-bond donors (Lipinski definition) is 1. The number of allylic oxidation sites excluding steroid dienone is 2. The van der Waals surface area contributed by atoms with Crippen LogP contribution in [-0.4, -0.2) is 24.5 Å². The Morgan fingerprint density at radius 2 is 2.08 bits per heavy atom. The smallest absolute Gasteiger partial charge is 0.123 e. The van der Waals surface area contributed by atoms with E-state index >= 15 is 0 Å². The van der Waals surface area contributed by atoms with Crippen molar-refractivity contribution in [3.8, 4) is 0 Å². The topological polar surface area (TPSA) is 41.8 Å². The Labute approximate surface area is 157 Å². The molecule has 1 N–H and O–H groups in total. The van der Waals surface area contributed by atoms with Gasteiger partial charge in [0, 0.05) is 30.5 Å². The molecule has 136 valence electrons. The summed E-state index contributed by atoms with van der Waals surface area (Å²) in [5.41, 5.74) is 6.63. The van der Waals surface area contributed by atoms with Gasteiger partial charge in [-0.05, 0) is 76.9 Å². The minimum atomic E-state index is -0.232. The number of rotatable bonds is 7. The van der Waals surface area contributed by atoms with E-state index in [9.17, 15) is 4.39 Å². The molecule has 1 aromatic heterocycles. The molecular weight excluding hydrogens is 349 g/mol. The standard InChI is InChI=1S/C21H22FNO2S/c1-14-10-17(26-13-14)12-20-15(2)18(6-9-25-23-7-3-8-24)21-11-16(22)4-5-19(20)21/h4-5,7,10-13,24H,3,6,8-9H2,1-2H3. The van der Waals surface area contributed by atoms with Crippen molar-refractivity contribution < 1.29 is 14.3 Å². The zero-order valence-corrected chi connectivity index (χ0v) is 15.8. The maximum Gasteiger partial charge on any atom is 0.123 e. The first-order chi connectivity index (χ1) is 12.6. The second-order valence-corrected chi connectivity index (χ2v) is 7.20. The van der Waals surface area contributed by atoms with Crippen LogP contribution >= 0.6 is 11.3 Å². The lowest BCUT2D eigenvalue weighted by Crippen LogP contribution is -1.93. The molecule has 0 aliphatic heterocycles. The largest absolute Gasteiger partial charge is 0.396 e. The summed E-state index contributed by atoms with van der Waals surface area (Å²) in [5.74, 6) is -0.232. The fourth-order valence-electron chi connectivity index (χ4n) is 3.11. The minimum absolute atomic E-state index is 0.0557. The van der Waals surface area contributed by atoms with Crippen molar-refractivity contribution in [2.75, 3.05) is 13.2 Å². The van der Waals surface area contributed by atoms with Crippen LogP contribution in [0.2, 0.25) is 0 Å². The molecule has 2 aromatic rings. The van der Waals surface area contributed by atoms with E-state index in [1.54, 1.807) is 23.6 Å². The summed E-state index contributed by atoms with van der Waals surface area (Å²) in [4.78, 5) is 6.45. The molecule has 26 heavy (non-hydrogen) atoms. The summed E-state index contributed by atoms with van der Waals surface area (Å²) in [7, 11) is 0. The quantitative estimate of drug-likeness (QED) is 0.408. The van der Waals surface area contributed by atoms with Gasteiger partial charge in [-0.3, -0.25) is 0 Å². The summed E-state index contributed by atoms with van der Waals surface area (Å²) in [5, 5.41) is 14.7. The average molecular weight is 371 g/mol. The van der Waals surface area contributed by atoms with Crippen molar-refractivity contribution in [3.05, 3.63) is 62.6 Å². The molecule has 1 aliphatic carbocycles. The van der Waals surface area contributed by atoms with Gasteiger partial charge < -0.3 is 9.94 Å². The van der Waals surface area contributed by atoms with Gasteiger partial charge in [-0.2, -0.15) is 0 Å². The van der Waals surface area contributed by atoms with E-state index in [1.807, 2.05) is 6.07 Å². The van der Waals surface area contributed by atoms with Gasteiger partial charge in [-0.1, -0.05) is 11.2 Å². The van der Waals surface area contributed by atoms with Crippen molar-refractivity contribution >= 4 is 34.8 Å². The first kappa shape index (κ1) is 18.5. The van der Waals surface area contributed by atoms with E-state index in [-0.39, 0.29) is 12.4 Å². The van der Waals surface area contributed by atoms with Crippen LogP contribution in [-0.2, 0) is 4.84 Å². The summed E-state index contributed by atoms with van der Waals surface area (Å²) in [6.07, 6.45) is 4.85. The maximum absolute atomic E-state index is 13.8. The minimum Gasteiger partial charge on any atom is -0.396 e. The highest BCUT2D eigenvalue weighted by Gasteiger charge is 2.24. The predicted molar refractivity (Wildman–Crippen MR) is 107 cm³/mol.